The Balaban J connectivity index is 2.22. The van der Waals surface area contributed by atoms with Crippen molar-refractivity contribution >= 4 is 0 Å². The Kier molecular flexibility index (Phi) is 5.37. The molecule has 0 amide bonds. The third-order valence-electron chi connectivity index (χ3n) is 5.37. The highest BCUT2D eigenvalue weighted by atomic mass is 16.3. The number of rotatable bonds is 6. The minimum atomic E-state index is -0.721. The molecule has 2 heteroatoms. The van der Waals surface area contributed by atoms with Gasteiger partial charge in [-0.05, 0) is 12.8 Å². The Hall–Kier alpha value is -1.12. The molecule has 0 bridgehead atoms. The van der Waals surface area contributed by atoms with Gasteiger partial charge in [0.15, 0.2) is 0 Å². The monoisotopic (exact) mass is 316 g/mol. The second-order valence-corrected chi connectivity index (χ2v) is 7.79. The van der Waals surface area contributed by atoms with Gasteiger partial charge in [0.25, 0.3) is 0 Å². The van der Waals surface area contributed by atoms with Gasteiger partial charge in [0.1, 0.15) is 0 Å². The first-order valence-electron chi connectivity index (χ1n) is 8.97. The molecule has 2 rings (SSSR count). The minimum absolute atomic E-state index is 0.154. The quantitative estimate of drug-likeness (QED) is 0.735. The first-order valence-corrected chi connectivity index (χ1v) is 8.97. The van der Waals surface area contributed by atoms with Crippen molar-refractivity contribution < 1.29 is 10.2 Å². The molecule has 2 atom stereocenters. The SMILES string of the molecule is CCCC1(O)C=CC=C(C(C)(C)C2=CC=CC(O)(CCC)C2)C1. The van der Waals surface area contributed by atoms with E-state index in [-0.39, 0.29) is 5.41 Å². The van der Waals surface area contributed by atoms with Crippen molar-refractivity contribution in [3.8, 4) is 0 Å². The Morgan fingerprint density at radius 1 is 0.870 bits per heavy atom. The van der Waals surface area contributed by atoms with Gasteiger partial charge in [-0.3, -0.25) is 0 Å². The fraction of sp³-hybridized carbons (Fsp3) is 0.619. The average molecular weight is 316 g/mol. The normalized spacial score (nSPS) is 31.0. The summed E-state index contributed by atoms with van der Waals surface area (Å²) < 4.78 is 0. The number of hydrogen-bond donors (Lipinski definition) is 2. The van der Waals surface area contributed by atoms with Gasteiger partial charge in [0.2, 0.25) is 0 Å². The van der Waals surface area contributed by atoms with Gasteiger partial charge in [-0.15, -0.1) is 0 Å². The van der Waals surface area contributed by atoms with E-state index < -0.39 is 11.2 Å². The van der Waals surface area contributed by atoms with Crippen LogP contribution in [0.4, 0.5) is 0 Å². The predicted octanol–water partition coefficient (Wildman–Crippen LogP) is 4.85. The van der Waals surface area contributed by atoms with E-state index in [9.17, 15) is 10.2 Å². The average Bonchev–Trinajstić information content (AvgIpc) is 2.47. The van der Waals surface area contributed by atoms with Crippen molar-refractivity contribution in [3.63, 3.8) is 0 Å². The highest BCUT2D eigenvalue weighted by Gasteiger charge is 2.38. The summed E-state index contributed by atoms with van der Waals surface area (Å²) in [5.41, 5.74) is 0.897. The summed E-state index contributed by atoms with van der Waals surface area (Å²) in [5.74, 6) is 0. The maximum absolute atomic E-state index is 10.8. The zero-order valence-corrected chi connectivity index (χ0v) is 15.1. The van der Waals surface area contributed by atoms with Crippen LogP contribution in [0.3, 0.4) is 0 Å². The molecule has 0 aromatic rings. The predicted molar refractivity (Wildman–Crippen MR) is 97.2 cm³/mol. The van der Waals surface area contributed by atoms with E-state index in [0.29, 0.717) is 12.8 Å². The van der Waals surface area contributed by atoms with E-state index >= 15 is 0 Å². The van der Waals surface area contributed by atoms with E-state index in [1.54, 1.807) is 0 Å². The summed E-state index contributed by atoms with van der Waals surface area (Å²) in [5, 5.41) is 21.6. The summed E-state index contributed by atoms with van der Waals surface area (Å²) in [4.78, 5) is 0. The van der Waals surface area contributed by atoms with Gasteiger partial charge in [0.05, 0.1) is 11.2 Å². The third kappa shape index (κ3) is 4.05. The summed E-state index contributed by atoms with van der Waals surface area (Å²) in [6.07, 6.45) is 17.0. The lowest BCUT2D eigenvalue weighted by Crippen LogP contribution is -2.35. The molecule has 0 aromatic carbocycles. The molecule has 0 radical (unpaired) electrons. The Bertz CT molecular complexity index is 502. The molecule has 2 unspecified atom stereocenters. The molecular weight excluding hydrogens is 284 g/mol. The van der Waals surface area contributed by atoms with Crippen LogP contribution in [0.25, 0.3) is 0 Å². The van der Waals surface area contributed by atoms with Gasteiger partial charge in [-0.1, -0.05) is 88.1 Å². The lowest BCUT2D eigenvalue weighted by atomic mass is 9.67. The number of hydrogen-bond acceptors (Lipinski definition) is 2. The van der Waals surface area contributed by atoms with E-state index in [4.69, 9.17) is 0 Å². The van der Waals surface area contributed by atoms with Crippen LogP contribution >= 0.6 is 0 Å². The first kappa shape index (κ1) is 18.2. The van der Waals surface area contributed by atoms with E-state index in [1.165, 1.54) is 11.1 Å². The lowest BCUT2D eigenvalue weighted by molar-refractivity contribution is 0.0684. The molecule has 128 valence electrons. The third-order valence-corrected chi connectivity index (χ3v) is 5.37. The van der Waals surface area contributed by atoms with Crippen LogP contribution in [-0.4, -0.2) is 21.4 Å². The zero-order chi connectivity index (χ0) is 17.1. The molecule has 2 aliphatic carbocycles. The Morgan fingerprint density at radius 3 is 1.61 bits per heavy atom. The molecule has 2 aliphatic rings. The highest BCUT2D eigenvalue weighted by Crippen LogP contribution is 2.46. The molecule has 0 fully saturated rings. The minimum Gasteiger partial charge on any atom is -0.385 e. The van der Waals surface area contributed by atoms with Crippen LogP contribution in [0.1, 0.15) is 66.2 Å². The fourth-order valence-electron chi connectivity index (χ4n) is 3.86. The molecule has 0 saturated heterocycles. The molecule has 2 N–H and O–H groups in total. The van der Waals surface area contributed by atoms with Crippen LogP contribution < -0.4 is 0 Å². The van der Waals surface area contributed by atoms with Gasteiger partial charge in [-0.25, -0.2) is 0 Å². The second kappa shape index (κ2) is 6.78. The van der Waals surface area contributed by atoms with Crippen LogP contribution in [0.5, 0.6) is 0 Å². The van der Waals surface area contributed by atoms with E-state index in [1.807, 2.05) is 24.3 Å². The summed E-state index contributed by atoms with van der Waals surface area (Å²) in [6.45, 7) is 8.63. The topological polar surface area (TPSA) is 40.5 Å². The maximum atomic E-state index is 10.8. The van der Waals surface area contributed by atoms with Crippen molar-refractivity contribution in [2.75, 3.05) is 0 Å². The maximum Gasteiger partial charge on any atom is 0.0868 e. The van der Waals surface area contributed by atoms with Gasteiger partial charge in [0, 0.05) is 18.3 Å². The largest absolute Gasteiger partial charge is 0.385 e. The van der Waals surface area contributed by atoms with Crippen molar-refractivity contribution in [2.24, 2.45) is 5.41 Å². The fourth-order valence-corrected chi connectivity index (χ4v) is 3.86. The van der Waals surface area contributed by atoms with Crippen LogP contribution in [-0.2, 0) is 0 Å². The van der Waals surface area contributed by atoms with Crippen molar-refractivity contribution in [1.29, 1.82) is 0 Å². The van der Waals surface area contributed by atoms with Crippen LogP contribution in [0, 0.1) is 5.41 Å². The summed E-state index contributed by atoms with van der Waals surface area (Å²) >= 11 is 0. The molecule has 0 saturated carbocycles. The molecule has 0 spiro atoms. The van der Waals surface area contributed by atoms with Crippen molar-refractivity contribution in [3.05, 3.63) is 47.6 Å². The van der Waals surface area contributed by atoms with Gasteiger partial charge >= 0.3 is 0 Å². The summed E-state index contributed by atoms with van der Waals surface area (Å²) in [6, 6.07) is 0. The van der Waals surface area contributed by atoms with E-state index in [0.717, 1.165) is 25.7 Å². The first-order chi connectivity index (χ1) is 10.7. The zero-order valence-electron chi connectivity index (χ0n) is 15.1. The molecule has 0 aromatic heterocycles. The number of allylic oxidation sites excluding steroid dienone is 4. The number of aliphatic hydroxyl groups is 2. The van der Waals surface area contributed by atoms with Gasteiger partial charge in [-0.2, -0.15) is 0 Å². The smallest absolute Gasteiger partial charge is 0.0868 e. The van der Waals surface area contributed by atoms with E-state index in [2.05, 4.69) is 39.8 Å². The van der Waals surface area contributed by atoms with Crippen molar-refractivity contribution in [2.45, 2.75) is 77.4 Å². The second-order valence-electron chi connectivity index (χ2n) is 7.79. The van der Waals surface area contributed by atoms with Gasteiger partial charge < -0.3 is 10.2 Å². The van der Waals surface area contributed by atoms with Crippen LogP contribution in [0.2, 0.25) is 0 Å². The lowest BCUT2D eigenvalue weighted by Gasteiger charge is -2.40. The highest BCUT2D eigenvalue weighted by molar-refractivity contribution is 5.39. The molecule has 2 nitrogen and oxygen atoms in total. The molecule has 0 aliphatic heterocycles. The Morgan fingerprint density at radius 2 is 1.26 bits per heavy atom. The van der Waals surface area contributed by atoms with Crippen LogP contribution in [0.15, 0.2) is 47.6 Å². The van der Waals surface area contributed by atoms with Crippen molar-refractivity contribution in [1.82, 2.24) is 0 Å². The summed E-state index contributed by atoms with van der Waals surface area (Å²) in [7, 11) is 0. The molecular formula is C21H32O2. The standard InChI is InChI=1S/C21H32O2/c1-5-11-20(22)13-7-9-17(15-20)19(3,4)18-10-8-14-21(23,16-18)12-6-2/h7-10,13-14,22-23H,5-6,11-12,15-16H2,1-4H3. The Labute approximate surface area is 141 Å². The molecule has 23 heavy (non-hydrogen) atoms. The molecule has 0 heterocycles.